The van der Waals surface area contributed by atoms with Gasteiger partial charge in [0.2, 0.25) is 0 Å². The van der Waals surface area contributed by atoms with Gasteiger partial charge in [0.25, 0.3) is 0 Å². The fraction of sp³-hybridized carbons (Fsp3) is 0.778. The van der Waals surface area contributed by atoms with Gasteiger partial charge in [-0.05, 0) is 20.9 Å². The first kappa shape index (κ1) is 11.1. The molecular formula is C9H18N4O. The van der Waals surface area contributed by atoms with Crippen LogP contribution in [-0.4, -0.2) is 34.8 Å². The smallest absolute Gasteiger partial charge is 0.0779 e. The summed E-state index contributed by atoms with van der Waals surface area (Å²) in [4.78, 5) is 0. The van der Waals surface area contributed by atoms with Crippen LogP contribution in [0.4, 0.5) is 0 Å². The summed E-state index contributed by atoms with van der Waals surface area (Å²) < 4.78 is 7.30. The summed E-state index contributed by atoms with van der Waals surface area (Å²) in [6.07, 6.45) is 1.87. The van der Waals surface area contributed by atoms with Crippen LogP contribution in [0.2, 0.25) is 0 Å². The van der Waals surface area contributed by atoms with E-state index in [0.29, 0.717) is 6.61 Å². The Morgan fingerprint density at radius 2 is 2.36 bits per heavy atom. The van der Waals surface area contributed by atoms with Crippen molar-refractivity contribution in [2.45, 2.75) is 26.0 Å². The fourth-order valence-electron chi connectivity index (χ4n) is 1.56. The zero-order valence-electron chi connectivity index (χ0n) is 9.19. The number of nitrogens with one attached hydrogen (secondary N) is 1. The topological polar surface area (TPSA) is 52.0 Å². The Bertz CT molecular complexity index is 274. The number of aromatic nitrogens is 3. The van der Waals surface area contributed by atoms with Crippen LogP contribution in [0.3, 0.4) is 0 Å². The molecule has 5 nitrogen and oxygen atoms in total. The van der Waals surface area contributed by atoms with E-state index in [1.54, 1.807) is 10.9 Å². The maximum absolute atomic E-state index is 5.54. The van der Waals surface area contributed by atoms with Gasteiger partial charge in [-0.1, -0.05) is 5.21 Å². The molecule has 1 aromatic rings. The monoisotopic (exact) mass is 198 g/mol. The standard InChI is InChI=1S/C9H18N4O/c1-5-14-7(2)9(10-3)8-6-11-12-13(8)4/h6-7,9-10H,5H2,1-4H3. The molecule has 2 unspecified atom stereocenters. The van der Waals surface area contributed by atoms with Crippen molar-refractivity contribution >= 4 is 0 Å². The maximum Gasteiger partial charge on any atom is 0.0779 e. The van der Waals surface area contributed by atoms with Gasteiger partial charge in [0.05, 0.1) is 24.0 Å². The Kier molecular flexibility index (Phi) is 4.03. The van der Waals surface area contributed by atoms with Gasteiger partial charge in [0, 0.05) is 13.7 Å². The lowest BCUT2D eigenvalue weighted by Gasteiger charge is -2.22. The second-order valence-corrected chi connectivity index (χ2v) is 3.21. The SMILES string of the molecule is CCOC(C)C(NC)c1cnnn1C. The summed E-state index contributed by atoms with van der Waals surface area (Å²) in [6, 6.07) is 0.134. The van der Waals surface area contributed by atoms with Crippen molar-refractivity contribution in [3.63, 3.8) is 0 Å². The van der Waals surface area contributed by atoms with E-state index in [9.17, 15) is 0 Å². The van der Waals surface area contributed by atoms with E-state index in [-0.39, 0.29) is 12.1 Å². The average Bonchev–Trinajstić information content (AvgIpc) is 2.54. The van der Waals surface area contributed by atoms with Crippen molar-refractivity contribution in [3.05, 3.63) is 11.9 Å². The number of aryl methyl sites for hydroxylation is 1. The van der Waals surface area contributed by atoms with E-state index in [0.717, 1.165) is 5.69 Å². The summed E-state index contributed by atoms with van der Waals surface area (Å²) >= 11 is 0. The van der Waals surface area contributed by atoms with E-state index >= 15 is 0 Å². The first-order valence-electron chi connectivity index (χ1n) is 4.84. The van der Waals surface area contributed by atoms with Crippen LogP contribution >= 0.6 is 0 Å². The third-order valence-electron chi connectivity index (χ3n) is 2.28. The molecular weight excluding hydrogens is 180 g/mol. The summed E-state index contributed by atoms with van der Waals surface area (Å²) in [5.74, 6) is 0. The van der Waals surface area contributed by atoms with Crippen molar-refractivity contribution in [1.29, 1.82) is 0 Å². The molecule has 0 bridgehead atoms. The zero-order valence-corrected chi connectivity index (χ0v) is 9.19. The van der Waals surface area contributed by atoms with Crippen molar-refractivity contribution in [3.8, 4) is 0 Å². The van der Waals surface area contributed by atoms with Crippen LogP contribution in [0.15, 0.2) is 6.20 Å². The summed E-state index contributed by atoms with van der Waals surface area (Å²) in [7, 11) is 3.79. The van der Waals surface area contributed by atoms with Crippen molar-refractivity contribution in [1.82, 2.24) is 20.3 Å². The predicted molar refractivity (Wildman–Crippen MR) is 53.9 cm³/mol. The average molecular weight is 198 g/mol. The minimum Gasteiger partial charge on any atom is -0.377 e. The van der Waals surface area contributed by atoms with Gasteiger partial charge >= 0.3 is 0 Å². The summed E-state index contributed by atoms with van der Waals surface area (Å²) in [5.41, 5.74) is 1.04. The molecule has 0 spiro atoms. The first-order valence-corrected chi connectivity index (χ1v) is 4.84. The van der Waals surface area contributed by atoms with Crippen LogP contribution in [0.5, 0.6) is 0 Å². The number of rotatable bonds is 5. The molecule has 0 fully saturated rings. The van der Waals surface area contributed by atoms with Crippen LogP contribution in [-0.2, 0) is 11.8 Å². The molecule has 2 atom stereocenters. The molecule has 14 heavy (non-hydrogen) atoms. The number of hydrogen-bond donors (Lipinski definition) is 1. The number of likely N-dealkylation sites (N-methyl/N-ethyl adjacent to an activating group) is 1. The zero-order chi connectivity index (χ0) is 10.6. The fourth-order valence-corrected chi connectivity index (χ4v) is 1.56. The molecule has 0 aliphatic heterocycles. The third kappa shape index (κ3) is 2.30. The highest BCUT2D eigenvalue weighted by molar-refractivity contribution is 5.03. The van der Waals surface area contributed by atoms with Crippen molar-refractivity contribution < 1.29 is 4.74 Å². The molecule has 0 amide bonds. The highest BCUT2D eigenvalue weighted by Crippen LogP contribution is 2.16. The first-order chi connectivity index (χ1) is 6.70. The van der Waals surface area contributed by atoms with E-state index in [4.69, 9.17) is 4.74 Å². The van der Waals surface area contributed by atoms with Gasteiger partial charge < -0.3 is 10.1 Å². The molecule has 0 aliphatic rings. The minimum atomic E-state index is 0.113. The largest absolute Gasteiger partial charge is 0.377 e. The molecule has 1 heterocycles. The Morgan fingerprint density at radius 1 is 1.64 bits per heavy atom. The van der Waals surface area contributed by atoms with Gasteiger partial charge in [-0.3, -0.25) is 4.68 Å². The van der Waals surface area contributed by atoms with E-state index in [1.165, 1.54) is 0 Å². The molecule has 1 N–H and O–H groups in total. The molecule has 0 aliphatic carbocycles. The van der Waals surface area contributed by atoms with Crippen molar-refractivity contribution in [2.75, 3.05) is 13.7 Å². The van der Waals surface area contributed by atoms with Crippen LogP contribution in [0.25, 0.3) is 0 Å². The second-order valence-electron chi connectivity index (χ2n) is 3.21. The van der Waals surface area contributed by atoms with Gasteiger partial charge in [-0.25, -0.2) is 0 Å². The Labute approximate surface area is 84.4 Å². The highest BCUT2D eigenvalue weighted by Gasteiger charge is 2.20. The molecule has 0 radical (unpaired) electrons. The Balaban J connectivity index is 2.76. The van der Waals surface area contributed by atoms with Crippen molar-refractivity contribution in [2.24, 2.45) is 7.05 Å². The number of nitrogens with zero attached hydrogens (tertiary/aromatic N) is 3. The lowest BCUT2D eigenvalue weighted by molar-refractivity contribution is 0.0472. The molecule has 0 saturated heterocycles. The van der Waals surface area contributed by atoms with Gasteiger partial charge in [-0.2, -0.15) is 0 Å². The minimum absolute atomic E-state index is 0.113. The van der Waals surface area contributed by atoms with E-state index in [1.807, 2.05) is 27.9 Å². The molecule has 5 heteroatoms. The number of ether oxygens (including phenoxy) is 1. The molecule has 0 aromatic carbocycles. The summed E-state index contributed by atoms with van der Waals surface area (Å²) in [5, 5.41) is 11.0. The van der Waals surface area contributed by atoms with Crippen LogP contribution in [0, 0.1) is 0 Å². The van der Waals surface area contributed by atoms with Crippen LogP contribution in [0.1, 0.15) is 25.6 Å². The second kappa shape index (κ2) is 5.07. The van der Waals surface area contributed by atoms with E-state index in [2.05, 4.69) is 15.6 Å². The maximum atomic E-state index is 5.54. The third-order valence-corrected chi connectivity index (χ3v) is 2.28. The molecule has 0 saturated carbocycles. The predicted octanol–water partition coefficient (Wildman–Crippen LogP) is 0.501. The quantitative estimate of drug-likeness (QED) is 0.748. The summed E-state index contributed by atoms with van der Waals surface area (Å²) in [6.45, 7) is 4.74. The Hall–Kier alpha value is -0.940. The van der Waals surface area contributed by atoms with Gasteiger partial charge in [0.15, 0.2) is 0 Å². The lowest BCUT2D eigenvalue weighted by Crippen LogP contribution is -2.31. The van der Waals surface area contributed by atoms with Gasteiger partial charge in [0.1, 0.15) is 0 Å². The highest BCUT2D eigenvalue weighted by atomic mass is 16.5. The lowest BCUT2D eigenvalue weighted by atomic mass is 10.1. The Morgan fingerprint density at radius 3 is 2.79 bits per heavy atom. The molecule has 1 aromatic heterocycles. The number of hydrogen-bond acceptors (Lipinski definition) is 4. The molecule has 1 rings (SSSR count). The van der Waals surface area contributed by atoms with Gasteiger partial charge in [-0.15, -0.1) is 5.10 Å². The van der Waals surface area contributed by atoms with Crippen LogP contribution < -0.4 is 5.32 Å². The normalized spacial score (nSPS) is 15.4. The molecule has 80 valence electrons. The van der Waals surface area contributed by atoms with E-state index < -0.39 is 0 Å².